The van der Waals surface area contributed by atoms with Gasteiger partial charge in [0.2, 0.25) is 0 Å². The van der Waals surface area contributed by atoms with Crippen molar-refractivity contribution in [1.82, 2.24) is 15.5 Å². The van der Waals surface area contributed by atoms with Gasteiger partial charge in [0, 0.05) is 18.3 Å². The van der Waals surface area contributed by atoms with Gasteiger partial charge in [0.15, 0.2) is 5.76 Å². The van der Waals surface area contributed by atoms with Gasteiger partial charge in [-0.2, -0.15) is 0 Å². The largest absolute Gasteiger partial charge is 0.360 e. The normalized spacial score (nSPS) is 12.6. The number of nitrogens with one attached hydrogen (secondary N) is 1. The van der Waals surface area contributed by atoms with E-state index in [1.165, 1.54) is 0 Å². The van der Waals surface area contributed by atoms with Crippen LogP contribution >= 0.6 is 0 Å². The van der Waals surface area contributed by atoms with Gasteiger partial charge in [-0.1, -0.05) is 11.2 Å². The molecule has 1 unspecified atom stereocenters. The third-order valence-electron chi connectivity index (χ3n) is 2.39. The SMILES string of the molecule is Cc1cc(CNC(C)c2ccccn2)on1. The van der Waals surface area contributed by atoms with Crippen LogP contribution in [0.2, 0.25) is 0 Å². The fraction of sp³-hybridized carbons (Fsp3) is 0.333. The van der Waals surface area contributed by atoms with Gasteiger partial charge in [-0.25, -0.2) is 0 Å². The minimum absolute atomic E-state index is 0.201. The molecule has 16 heavy (non-hydrogen) atoms. The van der Waals surface area contributed by atoms with E-state index in [0.29, 0.717) is 6.54 Å². The Balaban J connectivity index is 1.91. The summed E-state index contributed by atoms with van der Waals surface area (Å²) in [6, 6.07) is 8.03. The van der Waals surface area contributed by atoms with Crippen LogP contribution in [0.5, 0.6) is 0 Å². The van der Waals surface area contributed by atoms with Crippen LogP contribution in [-0.4, -0.2) is 10.1 Å². The van der Waals surface area contributed by atoms with E-state index in [9.17, 15) is 0 Å². The second kappa shape index (κ2) is 4.90. The maximum atomic E-state index is 5.12. The van der Waals surface area contributed by atoms with Crippen LogP contribution < -0.4 is 5.32 Å². The Hall–Kier alpha value is -1.68. The van der Waals surface area contributed by atoms with Gasteiger partial charge in [-0.15, -0.1) is 0 Å². The Kier molecular flexibility index (Phi) is 3.31. The second-order valence-corrected chi connectivity index (χ2v) is 3.79. The Morgan fingerprint density at radius 1 is 1.44 bits per heavy atom. The van der Waals surface area contributed by atoms with Crippen molar-refractivity contribution in [2.75, 3.05) is 0 Å². The third kappa shape index (κ3) is 2.67. The smallest absolute Gasteiger partial charge is 0.150 e. The summed E-state index contributed by atoms with van der Waals surface area (Å²) >= 11 is 0. The zero-order chi connectivity index (χ0) is 11.4. The molecule has 0 aromatic carbocycles. The van der Waals surface area contributed by atoms with Gasteiger partial charge in [-0.05, 0) is 26.0 Å². The summed E-state index contributed by atoms with van der Waals surface area (Å²) in [5.74, 6) is 0.847. The fourth-order valence-electron chi connectivity index (χ4n) is 1.49. The van der Waals surface area contributed by atoms with Crippen molar-refractivity contribution in [1.29, 1.82) is 0 Å². The lowest BCUT2D eigenvalue weighted by atomic mass is 10.2. The van der Waals surface area contributed by atoms with E-state index >= 15 is 0 Å². The molecule has 84 valence electrons. The van der Waals surface area contributed by atoms with Crippen molar-refractivity contribution in [2.24, 2.45) is 0 Å². The molecule has 0 aliphatic rings. The van der Waals surface area contributed by atoms with Gasteiger partial charge in [0.25, 0.3) is 0 Å². The lowest BCUT2D eigenvalue weighted by molar-refractivity contribution is 0.362. The molecule has 0 saturated heterocycles. The summed E-state index contributed by atoms with van der Waals surface area (Å²) < 4.78 is 5.12. The first-order valence-corrected chi connectivity index (χ1v) is 5.32. The Morgan fingerprint density at radius 3 is 2.94 bits per heavy atom. The van der Waals surface area contributed by atoms with Crippen LogP contribution in [0, 0.1) is 6.92 Å². The average molecular weight is 217 g/mol. The summed E-state index contributed by atoms with van der Waals surface area (Å²) in [7, 11) is 0. The molecule has 0 aliphatic carbocycles. The van der Waals surface area contributed by atoms with Gasteiger partial charge >= 0.3 is 0 Å². The molecular weight excluding hydrogens is 202 g/mol. The van der Waals surface area contributed by atoms with Crippen molar-refractivity contribution in [3.8, 4) is 0 Å². The molecule has 1 atom stereocenters. The van der Waals surface area contributed by atoms with Crippen molar-refractivity contribution in [3.05, 3.63) is 47.6 Å². The molecule has 0 spiro atoms. The lowest BCUT2D eigenvalue weighted by Crippen LogP contribution is -2.18. The van der Waals surface area contributed by atoms with Crippen LogP contribution in [0.15, 0.2) is 35.0 Å². The minimum atomic E-state index is 0.201. The van der Waals surface area contributed by atoms with Gasteiger partial charge in [0.05, 0.1) is 17.9 Å². The first-order chi connectivity index (χ1) is 7.75. The van der Waals surface area contributed by atoms with E-state index < -0.39 is 0 Å². The molecule has 2 heterocycles. The maximum Gasteiger partial charge on any atom is 0.150 e. The molecule has 1 N–H and O–H groups in total. The summed E-state index contributed by atoms with van der Waals surface area (Å²) in [5.41, 5.74) is 1.93. The van der Waals surface area contributed by atoms with Gasteiger partial charge < -0.3 is 9.84 Å². The van der Waals surface area contributed by atoms with Gasteiger partial charge in [0.1, 0.15) is 0 Å². The lowest BCUT2D eigenvalue weighted by Gasteiger charge is -2.11. The first-order valence-electron chi connectivity index (χ1n) is 5.32. The highest BCUT2D eigenvalue weighted by molar-refractivity contribution is 5.08. The molecule has 2 aromatic rings. The molecular formula is C12H15N3O. The zero-order valence-corrected chi connectivity index (χ0v) is 9.47. The molecule has 0 bridgehead atoms. The van der Waals surface area contributed by atoms with Crippen molar-refractivity contribution >= 4 is 0 Å². The molecule has 4 heteroatoms. The average Bonchev–Trinajstić information content (AvgIpc) is 2.73. The molecule has 0 amide bonds. The predicted molar refractivity (Wildman–Crippen MR) is 60.7 cm³/mol. The number of pyridine rings is 1. The number of hydrogen-bond donors (Lipinski definition) is 1. The molecule has 0 saturated carbocycles. The first kappa shape index (κ1) is 10.8. The fourth-order valence-corrected chi connectivity index (χ4v) is 1.49. The van der Waals surface area contributed by atoms with Crippen LogP contribution in [0.4, 0.5) is 0 Å². The standard InChI is InChI=1S/C12H15N3O/c1-9-7-11(16-15-9)8-14-10(2)12-5-3-4-6-13-12/h3-7,10,14H,8H2,1-2H3. The molecule has 2 aromatic heterocycles. The highest BCUT2D eigenvalue weighted by Gasteiger charge is 2.07. The molecule has 2 rings (SSSR count). The van der Waals surface area contributed by atoms with Crippen LogP contribution in [0.25, 0.3) is 0 Å². The number of nitrogens with zero attached hydrogens (tertiary/aromatic N) is 2. The van der Waals surface area contributed by atoms with E-state index in [-0.39, 0.29) is 6.04 Å². The quantitative estimate of drug-likeness (QED) is 0.853. The topological polar surface area (TPSA) is 51.0 Å². The number of rotatable bonds is 4. The van der Waals surface area contributed by atoms with E-state index in [1.807, 2.05) is 31.2 Å². The number of hydrogen-bond acceptors (Lipinski definition) is 4. The summed E-state index contributed by atoms with van der Waals surface area (Å²) in [5, 5.41) is 7.17. The van der Waals surface area contributed by atoms with Crippen molar-refractivity contribution in [3.63, 3.8) is 0 Å². The van der Waals surface area contributed by atoms with E-state index in [2.05, 4.69) is 22.4 Å². The van der Waals surface area contributed by atoms with Crippen LogP contribution in [0.3, 0.4) is 0 Å². The van der Waals surface area contributed by atoms with E-state index in [4.69, 9.17) is 4.52 Å². The predicted octanol–water partition coefficient (Wildman–Crippen LogP) is 2.23. The van der Waals surface area contributed by atoms with E-state index in [1.54, 1.807) is 6.20 Å². The highest BCUT2D eigenvalue weighted by Crippen LogP contribution is 2.09. The Morgan fingerprint density at radius 2 is 2.31 bits per heavy atom. The monoisotopic (exact) mass is 217 g/mol. The number of aromatic nitrogens is 2. The zero-order valence-electron chi connectivity index (χ0n) is 9.47. The Labute approximate surface area is 94.7 Å². The molecule has 0 fully saturated rings. The highest BCUT2D eigenvalue weighted by atomic mass is 16.5. The third-order valence-corrected chi connectivity index (χ3v) is 2.39. The minimum Gasteiger partial charge on any atom is -0.360 e. The summed E-state index contributed by atoms with van der Waals surface area (Å²) in [4.78, 5) is 4.29. The number of aryl methyl sites for hydroxylation is 1. The summed E-state index contributed by atoms with van der Waals surface area (Å²) in [6.45, 7) is 4.65. The van der Waals surface area contributed by atoms with Crippen molar-refractivity contribution in [2.45, 2.75) is 26.4 Å². The Bertz CT molecular complexity index is 439. The molecule has 0 aliphatic heterocycles. The second-order valence-electron chi connectivity index (χ2n) is 3.79. The molecule has 4 nitrogen and oxygen atoms in total. The summed E-state index contributed by atoms with van der Waals surface area (Å²) in [6.07, 6.45) is 1.80. The van der Waals surface area contributed by atoms with Crippen LogP contribution in [0.1, 0.15) is 30.1 Å². The van der Waals surface area contributed by atoms with Crippen LogP contribution in [-0.2, 0) is 6.54 Å². The van der Waals surface area contributed by atoms with Crippen molar-refractivity contribution < 1.29 is 4.52 Å². The van der Waals surface area contributed by atoms with E-state index in [0.717, 1.165) is 17.1 Å². The maximum absolute atomic E-state index is 5.12. The van der Waals surface area contributed by atoms with Gasteiger partial charge in [-0.3, -0.25) is 4.98 Å². The molecule has 0 radical (unpaired) electrons.